The maximum absolute atomic E-state index is 5.39. The molecule has 0 unspecified atom stereocenters. The quantitative estimate of drug-likeness (QED) is 0.199. The molecule has 1 aliphatic rings. The molecule has 0 saturated heterocycles. The van der Waals surface area contributed by atoms with Crippen molar-refractivity contribution in [1.82, 2.24) is 9.97 Å². The van der Waals surface area contributed by atoms with E-state index in [0.717, 1.165) is 28.3 Å². The summed E-state index contributed by atoms with van der Waals surface area (Å²) in [5, 5.41) is 2.63. The minimum atomic E-state index is -0.238. The molecule has 46 heavy (non-hydrogen) atoms. The summed E-state index contributed by atoms with van der Waals surface area (Å²) >= 11 is 1.87. The van der Waals surface area contributed by atoms with Gasteiger partial charge in [0.05, 0.1) is 11.4 Å². The van der Waals surface area contributed by atoms with Gasteiger partial charge in [-0.1, -0.05) is 147 Å². The number of thiophene rings is 1. The van der Waals surface area contributed by atoms with E-state index in [0.29, 0.717) is 0 Å². The predicted octanol–water partition coefficient (Wildman–Crippen LogP) is 11.8. The molecule has 8 aromatic rings. The molecule has 0 saturated carbocycles. The zero-order valence-corrected chi connectivity index (χ0v) is 26.5. The predicted molar refractivity (Wildman–Crippen MR) is 194 cm³/mol. The lowest BCUT2D eigenvalue weighted by atomic mass is 9.80. The van der Waals surface area contributed by atoms with Crippen LogP contribution in [0, 0.1) is 0 Å². The van der Waals surface area contributed by atoms with Crippen LogP contribution in [0.1, 0.15) is 25.0 Å². The molecule has 1 aliphatic carbocycles. The summed E-state index contributed by atoms with van der Waals surface area (Å²) in [6.45, 7) is 4.61. The second-order valence-corrected chi connectivity index (χ2v) is 13.6. The van der Waals surface area contributed by atoms with Gasteiger partial charge in [-0.3, -0.25) is 0 Å². The van der Waals surface area contributed by atoms with E-state index < -0.39 is 0 Å². The van der Waals surface area contributed by atoms with Crippen LogP contribution in [0.4, 0.5) is 0 Å². The zero-order chi connectivity index (χ0) is 30.8. The number of aromatic nitrogens is 2. The van der Waals surface area contributed by atoms with Crippen LogP contribution < -0.4 is 0 Å². The number of hydrogen-bond acceptors (Lipinski definition) is 3. The van der Waals surface area contributed by atoms with Gasteiger partial charge in [0.1, 0.15) is 0 Å². The van der Waals surface area contributed by atoms with Crippen molar-refractivity contribution in [3.63, 3.8) is 0 Å². The first kappa shape index (κ1) is 27.0. The second-order valence-electron chi connectivity index (χ2n) is 12.6. The van der Waals surface area contributed by atoms with Gasteiger partial charge < -0.3 is 0 Å². The molecule has 6 aromatic carbocycles. The van der Waals surface area contributed by atoms with E-state index in [4.69, 9.17) is 9.97 Å². The zero-order valence-electron chi connectivity index (χ0n) is 25.7. The molecule has 2 aromatic heterocycles. The highest BCUT2D eigenvalue weighted by atomic mass is 32.1. The SMILES string of the molecule is CC1(C)c2ccccc2-c2nc(-c3ccc(-c4ccccc4)cc3)nc(-c3cccc(-c4cccc5c4sc4ccccc45)c3)c21. The average molecular weight is 607 g/mol. The number of hydrogen-bond donors (Lipinski definition) is 0. The highest BCUT2D eigenvalue weighted by molar-refractivity contribution is 7.26. The van der Waals surface area contributed by atoms with Crippen molar-refractivity contribution < 1.29 is 0 Å². The fourth-order valence-corrected chi connectivity index (χ4v) is 8.44. The van der Waals surface area contributed by atoms with E-state index in [9.17, 15) is 0 Å². The Morgan fingerprint density at radius 1 is 0.478 bits per heavy atom. The van der Waals surface area contributed by atoms with E-state index in [-0.39, 0.29) is 5.41 Å². The van der Waals surface area contributed by atoms with Crippen molar-refractivity contribution in [1.29, 1.82) is 0 Å². The van der Waals surface area contributed by atoms with Crippen molar-refractivity contribution in [3.05, 3.63) is 157 Å². The first-order valence-electron chi connectivity index (χ1n) is 15.8. The van der Waals surface area contributed by atoms with E-state index in [1.165, 1.54) is 59.1 Å². The van der Waals surface area contributed by atoms with E-state index in [2.05, 4.69) is 159 Å². The molecular weight excluding hydrogens is 577 g/mol. The van der Waals surface area contributed by atoms with E-state index in [1.807, 2.05) is 11.3 Å². The fourth-order valence-electron chi connectivity index (χ4n) is 7.21. The number of rotatable bonds is 4. The Bertz CT molecular complexity index is 2440. The summed E-state index contributed by atoms with van der Waals surface area (Å²) < 4.78 is 2.64. The van der Waals surface area contributed by atoms with Crippen LogP contribution in [0.3, 0.4) is 0 Å². The van der Waals surface area contributed by atoms with Crippen LogP contribution in [0.25, 0.3) is 76.3 Å². The summed E-state index contributed by atoms with van der Waals surface area (Å²) in [5.41, 5.74) is 12.4. The van der Waals surface area contributed by atoms with Gasteiger partial charge in [0.2, 0.25) is 0 Å². The third-order valence-corrected chi connectivity index (χ3v) is 10.7. The van der Waals surface area contributed by atoms with Crippen LogP contribution in [-0.2, 0) is 5.41 Å². The number of fused-ring (bicyclic) bond motifs is 6. The van der Waals surface area contributed by atoms with Gasteiger partial charge in [0.15, 0.2) is 5.82 Å². The van der Waals surface area contributed by atoms with Crippen molar-refractivity contribution in [3.8, 4) is 56.2 Å². The van der Waals surface area contributed by atoms with Gasteiger partial charge in [-0.15, -0.1) is 11.3 Å². The van der Waals surface area contributed by atoms with Gasteiger partial charge in [0, 0.05) is 47.8 Å². The summed E-state index contributed by atoms with van der Waals surface area (Å²) in [7, 11) is 0. The molecule has 0 N–H and O–H groups in total. The maximum atomic E-state index is 5.39. The lowest BCUT2D eigenvalue weighted by Crippen LogP contribution is -2.17. The molecule has 9 rings (SSSR count). The minimum absolute atomic E-state index is 0.238. The van der Waals surface area contributed by atoms with Crippen molar-refractivity contribution in [2.24, 2.45) is 0 Å². The Morgan fingerprint density at radius 3 is 1.96 bits per heavy atom. The Hall–Kier alpha value is -5.38. The van der Waals surface area contributed by atoms with Crippen molar-refractivity contribution in [2.75, 3.05) is 0 Å². The van der Waals surface area contributed by atoms with Crippen molar-refractivity contribution >= 4 is 31.5 Å². The van der Waals surface area contributed by atoms with Crippen LogP contribution in [0.15, 0.2) is 146 Å². The Balaban J connectivity index is 1.24. The lowest BCUT2D eigenvalue weighted by Gasteiger charge is -2.24. The largest absolute Gasteiger partial charge is 0.228 e. The molecule has 2 heterocycles. The summed E-state index contributed by atoms with van der Waals surface area (Å²) in [6.07, 6.45) is 0. The molecular formula is C43H30N2S. The monoisotopic (exact) mass is 606 g/mol. The average Bonchev–Trinajstić information content (AvgIpc) is 3.61. The second kappa shape index (κ2) is 10.3. The molecule has 0 atom stereocenters. The molecule has 0 spiro atoms. The number of benzene rings is 6. The standard InChI is InChI=1S/C43H30N2S/c1-43(2)36-20-8-6-17-35(36)40-38(43)39(44-42(45-40)29-24-22-28(23-25-29)27-12-4-3-5-13-27)31-15-10-14-30(26-31)32-18-11-19-34-33-16-7-9-21-37(33)46-41(32)34/h3-26H,1-2H3. The third-order valence-electron chi connectivity index (χ3n) is 9.49. The molecule has 0 bridgehead atoms. The first-order chi connectivity index (χ1) is 22.6. The fraction of sp³-hybridized carbons (Fsp3) is 0.0698. The van der Waals surface area contributed by atoms with Crippen LogP contribution in [0.5, 0.6) is 0 Å². The maximum Gasteiger partial charge on any atom is 0.160 e. The molecule has 0 aliphatic heterocycles. The smallest absolute Gasteiger partial charge is 0.160 e. The highest BCUT2D eigenvalue weighted by Gasteiger charge is 2.40. The van der Waals surface area contributed by atoms with Gasteiger partial charge in [0.25, 0.3) is 0 Å². The van der Waals surface area contributed by atoms with E-state index >= 15 is 0 Å². The summed E-state index contributed by atoms with van der Waals surface area (Å²) in [5.74, 6) is 0.748. The first-order valence-corrected chi connectivity index (χ1v) is 16.6. The summed E-state index contributed by atoms with van der Waals surface area (Å²) in [4.78, 5) is 10.7. The molecule has 0 fully saturated rings. The third kappa shape index (κ3) is 4.16. The molecule has 2 nitrogen and oxygen atoms in total. The molecule has 0 amide bonds. The van der Waals surface area contributed by atoms with Crippen LogP contribution in [0.2, 0.25) is 0 Å². The lowest BCUT2D eigenvalue weighted by molar-refractivity contribution is 0.658. The van der Waals surface area contributed by atoms with Gasteiger partial charge in [-0.2, -0.15) is 0 Å². The summed E-state index contributed by atoms with van der Waals surface area (Å²) in [6, 6.07) is 52.2. The van der Waals surface area contributed by atoms with Gasteiger partial charge in [-0.05, 0) is 39.9 Å². The molecule has 3 heteroatoms. The normalized spacial score (nSPS) is 13.2. The van der Waals surface area contributed by atoms with Gasteiger partial charge in [-0.25, -0.2) is 9.97 Å². The van der Waals surface area contributed by atoms with Crippen LogP contribution >= 0.6 is 11.3 Å². The van der Waals surface area contributed by atoms with Crippen molar-refractivity contribution in [2.45, 2.75) is 19.3 Å². The Labute approximate surface area is 272 Å². The highest BCUT2D eigenvalue weighted by Crippen LogP contribution is 2.51. The van der Waals surface area contributed by atoms with Crippen LogP contribution in [-0.4, -0.2) is 9.97 Å². The molecule has 0 radical (unpaired) electrons. The topological polar surface area (TPSA) is 25.8 Å². The Morgan fingerprint density at radius 2 is 1.09 bits per heavy atom. The molecule has 218 valence electrons. The minimum Gasteiger partial charge on any atom is -0.228 e. The van der Waals surface area contributed by atoms with Gasteiger partial charge >= 0.3 is 0 Å². The Kier molecular flexibility index (Phi) is 6.06. The number of nitrogens with zero attached hydrogens (tertiary/aromatic N) is 2. The van der Waals surface area contributed by atoms with E-state index in [1.54, 1.807) is 0 Å².